The quantitative estimate of drug-likeness (QED) is 0.786. The molecule has 1 N–H and O–H groups in total. The highest BCUT2D eigenvalue weighted by molar-refractivity contribution is 5.81. The first-order valence-electron chi connectivity index (χ1n) is 5.71. The Kier molecular flexibility index (Phi) is 3.55. The molecule has 17 heavy (non-hydrogen) atoms. The predicted molar refractivity (Wildman–Crippen MR) is 72.9 cm³/mol. The van der Waals surface area contributed by atoms with Crippen LogP contribution in [0.2, 0.25) is 0 Å². The van der Waals surface area contributed by atoms with Crippen LogP contribution in [0.25, 0.3) is 10.9 Å². The molecule has 1 aromatic carbocycles. The number of nitrogens with one attached hydrogen (secondary N) is 1. The molecule has 0 aliphatic carbocycles. The van der Waals surface area contributed by atoms with Gasteiger partial charge >= 0.3 is 0 Å². The number of H-pyrrole nitrogens is 1. The lowest BCUT2D eigenvalue weighted by molar-refractivity contribution is 1.01. The van der Waals surface area contributed by atoms with Crippen molar-refractivity contribution in [1.82, 2.24) is 10.2 Å². The van der Waals surface area contributed by atoms with Gasteiger partial charge in [-0.15, -0.1) is 0 Å². The molecule has 1 aromatic heterocycles. The zero-order valence-corrected chi connectivity index (χ0v) is 9.98. The summed E-state index contributed by atoms with van der Waals surface area (Å²) in [6, 6.07) is 8.13. The van der Waals surface area contributed by atoms with Crippen molar-refractivity contribution in [1.29, 1.82) is 0 Å². The fourth-order valence-electron chi connectivity index (χ4n) is 1.77. The Morgan fingerprint density at radius 1 is 1.41 bits per heavy atom. The van der Waals surface area contributed by atoms with Gasteiger partial charge in [0.1, 0.15) is 0 Å². The number of fused-ring (bicyclic) bond motifs is 1. The van der Waals surface area contributed by atoms with E-state index in [0.29, 0.717) is 0 Å². The van der Waals surface area contributed by atoms with Crippen LogP contribution in [0, 0.1) is 0 Å². The van der Waals surface area contributed by atoms with Gasteiger partial charge in [0.25, 0.3) is 0 Å². The number of rotatable bonds is 4. The summed E-state index contributed by atoms with van der Waals surface area (Å²) < 4.78 is 0. The van der Waals surface area contributed by atoms with Gasteiger partial charge in [0, 0.05) is 17.5 Å². The van der Waals surface area contributed by atoms with E-state index in [0.717, 1.165) is 17.6 Å². The summed E-state index contributed by atoms with van der Waals surface area (Å²) in [5, 5.41) is 8.56. The fourth-order valence-corrected chi connectivity index (χ4v) is 1.77. The van der Waals surface area contributed by atoms with E-state index in [-0.39, 0.29) is 0 Å². The molecule has 0 amide bonds. The first-order valence-corrected chi connectivity index (χ1v) is 5.71. The van der Waals surface area contributed by atoms with Crippen molar-refractivity contribution in [3.63, 3.8) is 0 Å². The Labute approximate surface area is 101 Å². The Hall–Kier alpha value is -2.09. The fraction of sp³-hybridized carbons (Fsp3) is 0.133. The van der Waals surface area contributed by atoms with E-state index in [1.54, 1.807) is 0 Å². The van der Waals surface area contributed by atoms with Crippen LogP contribution >= 0.6 is 0 Å². The molecule has 0 bridgehead atoms. The van der Waals surface area contributed by atoms with E-state index in [9.17, 15) is 0 Å². The van der Waals surface area contributed by atoms with E-state index < -0.39 is 0 Å². The van der Waals surface area contributed by atoms with Crippen molar-refractivity contribution in [2.45, 2.75) is 13.3 Å². The maximum atomic E-state index is 4.28. The standard InChI is InChI=1S/C15H16N2/c1-3-5-8-12(4-2)11-15-13-9-6-7-10-14(13)16-17-15/h3-10H,2,11H2,1H3,(H,16,17)/b5-3-,12-8+. The monoisotopic (exact) mass is 224 g/mol. The molecule has 0 saturated heterocycles. The number of allylic oxidation sites excluding steroid dienone is 5. The van der Waals surface area contributed by atoms with Crippen LogP contribution in [-0.4, -0.2) is 10.2 Å². The molecule has 0 spiro atoms. The normalized spacial score (nSPS) is 12.4. The van der Waals surface area contributed by atoms with Crippen molar-refractivity contribution in [2.24, 2.45) is 0 Å². The van der Waals surface area contributed by atoms with Gasteiger partial charge in [0.05, 0.1) is 5.52 Å². The minimum Gasteiger partial charge on any atom is -0.281 e. The molecule has 86 valence electrons. The third-order valence-electron chi connectivity index (χ3n) is 2.69. The number of hydrogen-bond acceptors (Lipinski definition) is 1. The van der Waals surface area contributed by atoms with Crippen molar-refractivity contribution in [3.05, 3.63) is 66.4 Å². The zero-order valence-electron chi connectivity index (χ0n) is 9.98. The van der Waals surface area contributed by atoms with E-state index in [1.807, 2.05) is 43.4 Å². The molecule has 2 rings (SSSR count). The van der Waals surface area contributed by atoms with Crippen LogP contribution in [0.1, 0.15) is 12.6 Å². The molecule has 0 atom stereocenters. The van der Waals surface area contributed by atoms with Crippen LogP contribution in [0.4, 0.5) is 0 Å². The topological polar surface area (TPSA) is 28.7 Å². The summed E-state index contributed by atoms with van der Waals surface area (Å²) in [7, 11) is 0. The van der Waals surface area contributed by atoms with Gasteiger partial charge in [-0.25, -0.2) is 0 Å². The molecule has 0 unspecified atom stereocenters. The highest BCUT2D eigenvalue weighted by atomic mass is 15.1. The molecule has 1 heterocycles. The maximum absolute atomic E-state index is 4.28. The van der Waals surface area contributed by atoms with Gasteiger partial charge in [-0.1, -0.05) is 49.1 Å². The van der Waals surface area contributed by atoms with Gasteiger partial charge in [-0.3, -0.25) is 5.10 Å². The van der Waals surface area contributed by atoms with Gasteiger partial charge < -0.3 is 0 Å². The number of hydrogen-bond donors (Lipinski definition) is 1. The SMILES string of the molecule is C=C/C(=C\C=C/C)Cc1[nH]nc2ccccc12. The Morgan fingerprint density at radius 3 is 3.00 bits per heavy atom. The second-order valence-electron chi connectivity index (χ2n) is 3.87. The first-order chi connectivity index (χ1) is 8.35. The third kappa shape index (κ3) is 2.53. The second kappa shape index (κ2) is 5.30. The molecule has 0 aliphatic heterocycles. The molecular weight excluding hydrogens is 208 g/mol. The van der Waals surface area contributed by atoms with E-state index in [4.69, 9.17) is 0 Å². The van der Waals surface area contributed by atoms with Crippen molar-refractivity contribution in [2.75, 3.05) is 0 Å². The second-order valence-corrected chi connectivity index (χ2v) is 3.87. The summed E-state index contributed by atoms with van der Waals surface area (Å²) in [4.78, 5) is 0. The molecule has 0 fully saturated rings. The number of para-hydroxylation sites is 1. The van der Waals surface area contributed by atoms with Gasteiger partial charge in [0.15, 0.2) is 0 Å². The van der Waals surface area contributed by atoms with Crippen LogP contribution in [0.3, 0.4) is 0 Å². The first kappa shape index (κ1) is 11.4. The van der Waals surface area contributed by atoms with Crippen molar-refractivity contribution >= 4 is 10.9 Å². The number of nitrogens with zero attached hydrogens (tertiary/aromatic N) is 1. The molecule has 0 saturated carbocycles. The highest BCUT2D eigenvalue weighted by Gasteiger charge is 2.04. The van der Waals surface area contributed by atoms with Gasteiger partial charge in [0.2, 0.25) is 0 Å². The summed E-state index contributed by atoms with van der Waals surface area (Å²) in [5.41, 5.74) is 3.32. The molecule has 2 aromatic rings. The largest absolute Gasteiger partial charge is 0.281 e. The predicted octanol–water partition coefficient (Wildman–Crippen LogP) is 3.79. The Balaban J connectivity index is 2.32. The van der Waals surface area contributed by atoms with Gasteiger partial charge in [-0.05, 0) is 18.6 Å². The lowest BCUT2D eigenvalue weighted by Crippen LogP contribution is -1.88. The number of aromatic nitrogens is 2. The summed E-state index contributed by atoms with van der Waals surface area (Å²) in [6.45, 7) is 5.84. The van der Waals surface area contributed by atoms with E-state index >= 15 is 0 Å². The maximum Gasteiger partial charge on any atom is 0.0923 e. The molecular formula is C15H16N2. The van der Waals surface area contributed by atoms with Crippen LogP contribution in [-0.2, 0) is 6.42 Å². The van der Waals surface area contributed by atoms with E-state index in [2.05, 4.69) is 28.9 Å². The molecule has 2 nitrogen and oxygen atoms in total. The van der Waals surface area contributed by atoms with Crippen molar-refractivity contribution < 1.29 is 0 Å². The van der Waals surface area contributed by atoms with Crippen LogP contribution in [0.15, 0.2) is 60.7 Å². The summed E-state index contributed by atoms with van der Waals surface area (Å²) >= 11 is 0. The minimum absolute atomic E-state index is 0.828. The highest BCUT2D eigenvalue weighted by Crippen LogP contribution is 2.18. The summed E-state index contributed by atoms with van der Waals surface area (Å²) in [6.07, 6.45) is 8.82. The molecule has 2 heteroatoms. The van der Waals surface area contributed by atoms with Crippen molar-refractivity contribution in [3.8, 4) is 0 Å². The molecule has 0 radical (unpaired) electrons. The molecule has 0 aliphatic rings. The minimum atomic E-state index is 0.828. The lowest BCUT2D eigenvalue weighted by Gasteiger charge is -1.99. The third-order valence-corrected chi connectivity index (χ3v) is 2.69. The number of aromatic amines is 1. The smallest absolute Gasteiger partial charge is 0.0923 e. The lowest BCUT2D eigenvalue weighted by atomic mass is 10.1. The Bertz CT molecular complexity index is 573. The van der Waals surface area contributed by atoms with Crippen LogP contribution < -0.4 is 0 Å². The average molecular weight is 224 g/mol. The summed E-state index contributed by atoms with van der Waals surface area (Å²) in [5.74, 6) is 0. The zero-order chi connectivity index (χ0) is 12.1. The average Bonchev–Trinajstić information content (AvgIpc) is 2.78. The number of benzene rings is 1. The van der Waals surface area contributed by atoms with Gasteiger partial charge in [-0.2, -0.15) is 5.10 Å². The van der Waals surface area contributed by atoms with E-state index in [1.165, 1.54) is 11.0 Å². The Morgan fingerprint density at radius 2 is 2.24 bits per heavy atom. The van der Waals surface area contributed by atoms with Crippen LogP contribution in [0.5, 0.6) is 0 Å².